The summed E-state index contributed by atoms with van der Waals surface area (Å²) in [5.41, 5.74) is 0. The molecule has 0 radical (unpaired) electrons. The van der Waals surface area contributed by atoms with Gasteiger partial charge in [-0.2, -0.15) is 8.42 Å². The molecule has 0 saturated heterocycles. The van der Waals surface area contributed by atoms with Crippen LogP contribution in [0.5, 0.6) is 0 Å². The van der Waals surface area contributed by atoms with Gasteiger partial charge in [0.05, 0.1) is 19.0 Å². The second kappa shape index (κ2) is 5.26. The van der Waals surface area contributed by atoms with Crippen molar-refractivity contribution in [1.29, 1.82) is 0 Å². The zero-order valence-electron chi connectivity index (χ0n) is 6.12. The van der Waals surface area contributed by atoms with Gasteiger partial charge in [0.2, 0.25) is 0 Å². The van der Waals surface area contributed by atoms with Crippen molar-refractivity contribution in [2.24, 2.45) is 0 Å². The Morgan fingerprint density at radius 3 is 2.64 bits per heavy atom. The number of rotatable bonds is 6. The van der Waals surface area contributed by atoms with E-state index in [2.05, 4.69) is 10.8 Å². The summed E-state index contributed by atoms with van der Waals surface area (Å²) in [7, 11) is -3.49. The zero-order valence-corrected chi connectivity index (χ0v) is 6.94. The molecule has 0 aromatic heterocycles. The summed E-state index contributed by atoms with van der Waals surface area (Å²) in [6.07, 6.45) is 1.33. The van der Waals surface area contributed by atoms with Crippen LogP contribution in [0.1, 0.15) is 6.42 Å². The van der Waals surface area contributed by atoms with E-state index in [9.17, 15) is 12.8 Å². The molecular weight excluding hydrogens is 171 g/mol. The molecular formula is C6H11FO3S. The van der Waals surface area contributed by atoms with Gasteiger partial charge in [0.1, 0.15) is 0 Å². The first kappa shape index (κ1) is 10.6. The molecule has 5 heteroatoms. The molecule has 0 spiro atoms. The lowest BCUT2D eigenvalue weighted by Crippen LogP contribution is -2.09. The van der Waals surface area contributed by atoms with E-state index >= 15 is 0 Å². The summed E-state index contributed by atoms with van der Waals surface area (Å²) >= 11 is 0. The Bertz CT molecular complexity index is 198. The van der Waals surface area contributed by atoms with E-state index in [0.717, 1.165) is 0 Å². The van der Waals surface area contributed by atoms with Crippen molar-refractivity contribution in [3.05, 3.63) is 12.7 Å². The third-order valence-corrected chi connectivity index (χ3v) is 2.03. The van der Waals surface area contributed by atoms with Crippen LogP contribution >= 0.6 is 0 Å². The molecule has 0 N–H and O–H groups in total. The molecule has 0 heterocycles. The van der Waals surface area contributed by atoms with Crippen LogP contribution in [0.4, 0.5) is 4.39 Å². The average Bonchev–Trinajstić information content (AvgIpc) is 1.87. The highest BCUT2D eigenvalue weighted by Crippen LogP contribution is 1.95. The minimum Gasteiger partial charge on any atom is -0.270 e. The first-order valence-corrected chi connectivity index (χ1v) is 4.74. The molecule has 0 atom stereocenters. The Hall–Kier alpha value is -0.420. The van der Waals surface area contributed by atoms with Crippen LogP contribution in [-0.4, -0.2) is 27.5 Å². The fourth-order valence-electron chi connectivity index (χ4n) is 0.433. The van der Waals surface area contributed by atoms with Gasteiger partial charge in [0.25, 0.3) is 10.1 Å². The normalized spacial score (nSPS) is 11.4. The maximum atomic E-state index is 11.5. The second-order valence-electron chi connectivity index (χ2n) is 1.88. The summed E-state index contributed by atoms with van der Waals surface area (Å²) in [6.45, 7) is 2.58. The predicted octanol–water partition coefficient (Wildman–Crippen LogP) is 0.878. The molecule has 0 amide bonds. The topological polar surface area (TPSA) is 43.4 Å². The van der Waals surface area contributed by atoms with E-state index in [4.69, 9.17) is 0 Å². The van der Waals surface area contributed by atoms with Gasteiger partial charge in [-0.3, -0.25) is 8.57 Å². The van der Waals surface area contributed by atoms with Crippen LogP contribution in [0.3, 0.4) is 0 Å². The Kier molecular flexibility index (Phi) is 5.06. The smallest absolute Gasteiger partial charge is 0.270 e. The van der Waals surface area contributed by atoms with Crippen molar-refractivity contribution in [2.45, 2.75) is 6.42 Å². The van der Waals surface area contributed by atoms with Gasteiger partial charge in [-0.1, -0.05) is 6.08 Å². The van der Waals surface area contributed by atoms with Gasteiger partial charge in [0, 0.05) is 6.42 Å². The SMILES string of the molecule is C=CCS(=O)(=O)OCCCF. The lowest BCUT2D eigenvalue weighted by Gasteiger charge is -1.99. The summed E-state index contributed by atoms with van der Waals surface area (Å²) in [4.78, 5) is 0. The van der Waals surface area contributed by atoms with Crippen LogP contribution in [0.25, 0.3) is 0 Å². The summed E-state index contributed by atoms with van der Waals surface area (Å²) < 4.78 is 37.2. The minimum absolute atomic E-state index is 0.0906. The van der Waals surface area contributed by atoms with Gasteiger partial charge in [-0.15, -0.1) is 6.58 Å². The van der Waals surface area contributed by atoms with Crippen molar-refractivity contribution >= 4 is 10.1 Å². The fraction of sp³-hybridized carbons (Fsp3) is 0.667. The largest absolute Gasteiger partial charge is 0.270 e. The van der Waals surface area contributed by atoms with Crippen molar-refractivity contribution in [1.82, 2.24) is 0 Å². The van der Waals surface area contributed by atoms with Crippen LogP contribution in [0.2, 0.25) is 0 Å². The Morgan fingerprint density at radius 2 is 2.18 bits per heavy atom. The molecule has 0 fully saturated rings. The van der Waals surface area contributed by atoms with E-state index in [1.807, 2.05) is 0 Å². The highest BCUT2D eigenvalue weighted by atomic mass is 32.2. The van der Waals surface area contributed by atoms with Crippen LogP contribution in [-0.2, 0) is 14.3 Å². The summed E-state index contributed by atoms with van der Waals surface area (Å²) in [6, 6.07) is 0. The van der Waals surface area contributed by atoms with Gasteiger partial charge in [0.15, 0.2) is 0 Å². The fourth-order valence-corrected chi connectivity index (χ4v) is 1.19. The number of halogens is 1. The lowest BCUT2D eigenvalue weighted by molar-refractivity contribution is 0.294. The molecule has 0 saturated carbocycles. The van der Waals surface area contributed by atoms with Gasteiger partial charge >= 0.3 is 0 Å². The quantitative estimate of drug-likeness (QED) is 0.348. The van der Waals surface area contributed by atoms with E-state index in [1.54, 1.807) is 0 Å². The molecule has 0 unspecified atom stereocenters. The molecule has 0 aromatic rings. The first-order chi connectivity index (χ1) is 5.12. The maximum absolute atomic E-state index is 11.5. The highest BCUT2D eigenvalue weighted by Gasteiger charge is 2.06. The molecule has 11 heavy (non-hydrogen) atoms. The van der Waals surface area contributed by atoms with Crippen molar-refractivity contribution < 1.29 is 17.0 Å². The second-order valence-corrected chi connectivity index (χ2v) is 3.56. The summed E-state index contributed by atoms with van der Waals surface area (Å²) in [5.74, 6) is -0.223. The Morgan fingerprint density at radius 1 is 1.55 bits per heavy atom. The standard InChI is InChI=1S/C6H11FO3S/c1-2-6-11(8,9)10-5-3-4-7/h2H,1,3-6H2. The van der Waals surface area contributed by atoms with E-state index in [0.29, 0.717) is 0 Å². The predicted molar refractivity (Wildman–Crippen MR) is 40.5 cm³/mol. The first-order valence-electron chi connectivity index (χ1n) is 3.16. The molecule has 0 aliphatic carbocycles. The molecule has 0 rings (SSSR count). The average molecular weight is 182 g/mol. The Balaban J connectivity index is 3.65. The molecule has 0 bridgehead atoms. The van der Waals surface area contributed by atoms with Gasteiger partial charge in [-0.05, 0) is 0 Å². The van der Waals surface area contributed by atoms with Gasteiger partial charge < -0.3 is 0 Å². The van der Waals surface area contributed by atoms with Crippen molar-refractivity contribution in [3.8, 4) is 0 Å². The van der Waals surface area contributed by atoms with Crippen LogP contribution < -0.4 is 0 Å². The molecule has 66 valence electrons. The molecule has 0 aliphatic rings. The molecule has 0 aromatic carbocycles. The van der Waals surface area contributed by atoms with E-state index < -0.39 is 16.8 Å². The lowest BCUT2D eigenvalue weighted by atomic mass is 10.5. The minimum atomic E-state index is -3.49. The Labute approximate surface area is 66.0 Å². The van der Waals surface area contributed by atoms with Crippen molar-refractivity contribution in [3.63, 3.8) is 0 Å². The molecule has 3 nitrogen and oxygen atoms in total. The van der Waals surface area contributed by atoms with E-state index in [1.165, 1.54) is 6.08 Å². The summed E-state index contributed by atoms with van der Waals surface area (Å²) in [5, 5.41) is 0. The monoisotopic (exact) mass is 182 g/mol. The van der Waals surface area contributed by atoms with Crippen LogP contribution in [0.15, 0.2) is 12.7 Å². The zero-order chi connectivity index (χ0) is 8.74. The van der Waals surface area contributed by atoms with Gasteiger partial charge in [-0.25, -0.2) is 0 Å². The number of hydrogen-bond acceptors (Lipinski definition) is 3. The number of alkyl halides is 1. The number of hydrogen-bond donors (Lipinski definition) is 0. The molecule has 0 aliphatic heterocycles. The van der Waals surface area contributed by atoms with Crippen LogP contribution in [0, 0.1) is 0 Å². The maximum Gasteiger partial charge on any atom is 0.270 e. The third kappa shape index (κ3) is 6.00. The van der Waals surface area contributed by atoms with E-state index in [-0.39, 0.29) is 18.8 Å². The van der Waals surface area contributed by atoms with Crippen molar-refractivity contribution in [2.75, 3.05) is 19.0 Å². The highest BCUT2D eigenvalue weighted by molar-refractivity contribution is 7.86. The third-order valence-electron chi connectivity index (χ3n) is 0.863.